The number of rotatable bonds is 7. The van der Waals surface area contributed by atoms with Crippen LogP contribution in [-0.2, 0) is 0 Å². The Morgan fingerprint density at radius 1 is 1.08 bits per heavy atom. The van der Waals surface area contributed by atoms with Crippen LogP contribution in [0.1, 0.15) is 29.8 Å². The van der Waals surface area contributed by atoms with E-state index in [1.165, 1.54) is 5.56 Å². The maximum absolute atomic E-state index is 13.2. The molecule has 0 saturated carbocycles. The summed E-state index contributed by atoms with van der Waals surface area (Å²) in [5, 5.41) is 3.55. The van der Waals surface area contributed by atoms with E-state index in [4.69, 9.17) is 0 Å². The molecule has 0 aromatic heterocycles. The first-order valence-corrected chi connectivity index (χ1v) is 10.3. The molecule has 0 fully saturated rings. The molecule has 1 aliphatic rings. The fourth-order valence-electron chi connectivity index (χ4n) is 3.14. The van der Waals surface area contributed by atoms with E-state index >= 15 is 0 Å². The zero-order valence-electron chi connectivity index (χ0n) is 15.7. The molecule has 4 nitrogen and oxygen atoms in total. The van der Waals surface area contributed by atoms with Gasteiger partial charge in [0, 0.05) is 23.7 Å². The van der Waals surface area contributed by atoms with Gasteiger partial charge in [-0.25, -0.2) is 0 Å². The Kier molecular flexibility index (Phi) is 6.22. The Balaban J connectivity index is 1.84. The molecule has 2 aromatic carbocycles. The highest BCUT2D eigenvalue weighted by molar-refractivity contribution is 8.00. The van der Waals surface area contributed by atoms with Crippen molar-refractivity contribution in [2.24, 2.45) is 0 Å². The number of aryl methyl sites for hydroxylation is 1. The molecule has 0 aliphatic carbocycles. The molecule has 0 spiro atoms. The molecule has 5 heteroatoms. The lowest BCUT2D eigenvalue weighted by molar-refractivity contribution is 0.0983. The molecular formula is C21H27N3OS. The third-order valence-corrected chi connectivity index (χ3v) is 5.84. The Labute approximate surface area is 160 Å². The van der Waals surface area contributed by atoms with Crippen molar-refractivity contribution >= 4 is 29.0 Å². The fourth-order valence-corrected chi connectivity index (χ4v) is 4.30. The smallest absolute Gasteiger partial charge is 0.262 e. The highest BCUT2D eigenvalue weighted by Crippen LogP contribution is 2.33. The lowest BCUT2D eigenvalue weighted by atomic mass is 10.1. The SMILES string of the molecule is CCN(CC)CCSC1Nc2ccccc2C(=O)N1c1ccc(C)cc1. The number of thioether (sulfide) groups is 1. The topological polar surface area (TPSA) is 35.6 Å². The van der Waals surface area contributed by atoms with Gasteiger partial charge >= 0.3 is 0 Å². The van der Waals surface area contributed by atoms with E-state index in [1.807, 2.05) is 41.3 Å². The molecule has 1 aliphatic heterocycles. The number of amides is 1. The Morgan fingerprint density at radius 3 is 2.46 bits per heavy atom. The van der Waals surface area contributed by atoms with E-state index in [2.05, 4.69) is 43.1 Å². The number of nitrogens with one attached hydrogen (secondary N) is 1. The first-order valence-electron chi connectivity index (χ1n) is 9.23. The van der Waals surface area contributed by atoms with Gasteiger partial charge in [0.1, 0.15) is 0 Å². The second kappa shape index (κ2) is 8.60. The summed E-state index contributed by atoms with van der Waals surface area (Å²) >= 11 is 1.78. The van der Waals surface area contributed by atoms with E-state index in [0.717, 1.165) is 42.3 Å². The molecule has 3 rings (SSSR count). The second-order valence-corrected chi connectivity index (χ2v) is 7.64. The summed E-state index contributed by atoms with van der Waals surface area (Å²) in [6.07, 6.45) is 0. The van der Waals surface area contributed by atoms with Crippen molar-refractivity contribution in [2.75, 3.05) is 35.6 Å². The first-order chi connectivity index (χ1) is 12.6. The summed E-state index contributed by atoms with van der Waals surface area (Å²) in [5.74, 6) is 1.03. The van der Waals surface area contributed by atoms with Crippen molar-refractivity contribution in [1.29, 1.82) is 0 Å². The van der Waals surface area contributed by atoms with Crippen molar-refractivity contribution in [1.82, 2.24) is 4.90 Å². The Hall–Kier alpha value is -1.98. The number of nitrogens with zero attached hydrogens (tertiary/aromatic N) is 2. The number of para-hydroxylation sites is 1. The van der Waals surface area contributed by atoms with Gasteiger partial charge in [-0.2, -0.15) is 0 Å². The lowest BCUT2D eigenvalue weighted by Gasteiger charge is -2.37. The number of anilines is 2. The first kappa shape index (κ1) is 18.8. The second-order valence-electron chi connectivity index (χ2n) is 6.45. The highest BCUT2D eigenvalue weighted by atomic mass is 32.2. The average molecular weight is 370 g/mol. The summed E-state index contributed by atoms with van der Waals surface area (Å²) in [7, 11) is 0. The van der Waals surface area contributed by atoms with Crippen LogP contribution >= 0.6 is 11.8 Å². The quantitative estimate of drug-likeness (QED) is 0.783. The van der Waals surface area contributed by atoms with Gasteiger partial charge in [0.2, 0.25) is 0 Å². The summed E-state index contributed by atoms with van der Waals surface area (Å²) < 4.78 is 0. The van der Waals surface area contributed by atoms with Crippen LogP contribution < -0.4 is 10.2 Å². The van der Waals surface area contributed by atoms with Gasteiger partial charge in [0.15, 0.2) is 5.50 Å². The molecule has 1 atom stereocenters. The third-order valence-electron chi connectivity index (χ3n) is 4.78. The van der Waals surface area contributed by atoms with Gasteiger partial charge in [0.05, 0.1) is 5.56 Å². The summed E-state index contributed by atoms with van der Waals surface area (Å²) in [6, 6.07) is 15.9. The molecule has 0 radical (unpaired) electrons. The molecule has 26 heavy (non-hydrogen) atoms. The van der Waals surface area contributed by atoms with Crippen LogP contribution in [0.3, 0.4) is 0 Å². The van der Waals surface area contributed by atoms with Gasteiger partial charge in [-0.1, -0.05) is 43.7 Å². The highest BCUT2D eigenvalue weighted by Gasteiger charge is 2.33. The molecule has 1 amide bonds. The van der Waals surface area contributed by atoms with E-state index in [0.29, 0.717) is 0 Å². The van der Waals surface area contributed by atoms with Crippen LogP contribution in [0, 0.1) is 6.92 Å². The predicted octanol–water partition coefficient (Wildman–Crippen LogP) is 4.43. The monoisotopic (exact) mass is 369 g/mol. The Bertz CT molecular complexity index is 743. The minimum Gasteiger partial charge on any atom is -0.356 e. The number of fused-ring (bicyclic) bond motifs is 1. The number of carbonyl (C=O) groups is 1. The van der Waals surface area contributed by atoms with Crippen LogP contribution in [0.15, 0.2) is 48.5 Å². The summed E-state index contributed by atoms with van der Waals surface area (Å²) in [4.78, 5) is 17.5. The zero-order chi connectivity index (χ0) is 18.5. The molecule has 0 saturated heterocycles. The zero-order valence-corrected chi connectivity index (χ0v) is 16.6. The number of hydrogen-bond acceptors (Lipinski definition) is 4. The summed E-state index contributed by atoms with van der Waals surface area (Å²) in [6.45, 7) is 9.56. The third kappa shape index (κ3) is 4.05. The molecule has 0 bridgehead atoms. The standard InChI is InChI=1S/C21H27N3OS/c1-4-23(5-2)14-15-26-21-22-19-9-7-6-8-18(19)20(25)24(21)17-12-10-16(3)11-13-17/h6-13,21-22H,4-5,14-15H2,1-3H3. The van der Waals surface area contributed by atoms with Gasteiger partial charge in [-0.05, 0) is 44.3 Å². The van der Waals surface area contributed by atoms with E-state index in [9.17, 15) is 4.79 Å². The van der Waals surface area contributed by atoms with E-state index < -0.39 is 0 Å². The summed E-state index contributed by atoms with van der Waals surface area (Å²) in [5.41, 5.74) is 3.67. The average Bonchev–Trinajstić information content (AvgIpc) is 2.66. The molecule has 1 heterocycles. The molecule has 138 valence electrons. The van der Waals surface area contributed by atoms with Gasteiger partial charge in [0.25, 0.3) is 5.91 Å². The maximum Gasteiger partial charge on any atom is 0.262 e. The van der Waals surface area contributed by atoms with Crippen LogP contribution in [-0.4, -0.2) is 41.7 Å². The van der Waals surface area contributed by atoms with Gasteiger partial charge < -0.3 is 10.2 Å². The van der Waals surface area contributed by atoms with Crippen molar-refractivity contribution in [3.8, 4) is 0 Å². The normalized spacial score (nSPS) is 16.5. The van der Waals surface area contributed by atoms with Crippen molar-refractivity contribution in [3.63, 3.8) is 0 Å². The minimum atomic E-state index is -0.101. The molecular weight excluding hydrogens is 342 g/mol. The van der Waals surface area contributed by atoms with Gasteiger partial charge in [-0.3, -0.25) is 9.69 Å². The minimum absolute atomic E-state index is 0.0588. The number of carbonyl (C=O) groups excluding carboxylic acids is 1. The molecule has 1 N–H and O–H groups in total. The number of benzene rings is 2. The maximum atomic E-state index is 13.2. The van der Waals surface area contributed by atoms with Gasteiger partial charge in [-0.15, -0.1) is 11.8 Å². The predicted molar refractivity (Wildman–Crippen MR) is 112 cm³/mol. The van der Waals surface area contributed by atoms with E-state index in [-0.39, 0.29) is 11.4 Å². The van der Waals surface area contributed by atoms with Crippen LogP contribution in [0.25, 0.3) is 0 Å². The fraction of sp³-hybridized carbons (Fsp3) is 0.381. The van der Waals surface area contributed by atoms with Crippen LogP contribution in [0.2, 0.25) is 0 Å². The van der Waals surface area contributed by atoms with Crippen molar-refractivity contribution in [3.05, 3.63) is 59.7 Å². The van der Waals surface area contributed by atoms with E-state index in [1.54, 1.807) is 11.8 Å². The van der Waals surface area contributed by atoms with Crippen molar-refractivity contribution in [2.45, 2.75) is 26.3 Å². The number of hydrogen-bond donors (Lipinski definition) is 1. The van der Waals surface area contributed by atoms with Crippen LogP contribution in [0.4, 0.5) is 11.4 Å². The lowest BCUT2D eigenvalue weighted by Crippen LogP contribution is -2.47. The van der Waals surface area contributed by atoms with Crippen LogP contribution in [0.5, 0.6) is 0 Å². The Morgan fingerprint density at radius 2 is 1.77 bits per heavy atom. The molecule has 1 unspecified atom stereocenters. The van der Waals surface area contributed by atoms with Crippen molar-refractivity contribution < 1.29 is 4.79 Å². The molecule has 2 aromatic rings. The largest absolute Gasteiger partial charge is 0.356 e.